The molecule has 8 heavy (non-hydrogen) atoms. The van der Waals surface area contributed by atoms with Gasteiger partial charge < -0.3 is 5.32 Å². The Kier molecular flexibility index (Phi) is 0.566. The van der Waals surface area contributed by atoms with E-state index in [0.717, 1.165) is 17.9 Å². The minimum Gasteiger partial charge on any atom is -0.378 e. The Morgan fingerprint density at radius 2 is 2.75 bits per heavy atom. The molecule has 0 aliphatic carbocycles. The van der Waals surface area contributed by atoms with Crippen LogP contribution in [-0.4, -0.2) is 10.2 Å². The average Bonchev–Trinajstić information content (AvgIpc) is 1.72. The number of fused-ring (bicyclic) bond motifs is 1. The molecule has 0 amide bonds. The Labute approximate surface area is 46.7 Å². The zero-order chi connectivity index (χ0) is 5.40. The molecule has 1 aromatic heterocycles. The summed E-state index contributed by atoms with van der Waals surface area (Å²) in [6.45, 7) is 0.858. The molecule has 0 saturated carbocycles. The first-order valence-electron chi connectivity index (χ1n) is 2.43. The third-order valence-corrected chi connectivity index (χ3v) is 1.19. The molecule has 39 valence electrons. The molecule has 1 aromatic rings. The van der Waals surface area contributed by atoms with Crippen LogP contribution in [0, 0.1) is 6.20 Å². The minimum absolute atomic E-state index is 0.858. The molecule has 1 aliphatic rings. The molecule has 2 heterocycles. The summed E-state index contributed by atoms with van der Waals surface area (Å²) in [5.41, 5.74) is 2.11. The fraction of sp³-hybridized carbons (Fsp3) is 0.200. The van der Waals surface area contributed by atoms with E-state index in [0.29, 0.717) is 0 Å². The molecule has 0 aromatic carbocycles. The van der Waals surface area contributed by atoms with Crippen LogP contribution in [0.1, 0.15) is 5.69 Å². The standard InChI is InChI=1S/C5H4N3/c1-2-7-8-5-3-6-4(1)5/h1,6H,3H2. The number of anilines is 1. The highest BCUT2D eigenvalue weighted by atomic mass is 15.1. The predicted octanol–water partition coefficient (Wildman–Crippen LogP) is 0.202. The second-order valence-electron chi connectivity index (χ2n) is 1.69. The molecular formula is C5H4N3. The Morgan fingerprint density at radius 3 is 3.12 bits per heavy atom. The molecule has 0 fully saturated rings. The lowest BCUT2D eigenvalue weighted by molar-refractivity contribution is 0.869. The van der Waals surface area contributed by atoms with Crippen LogP contribution in [0.2, 0.25) is 0 Å². The number of nitrogens with zero attached hydrogens (tertiary/aromatic N) is 2. The van der Waals surface area contributed by atoms with Crippen LogP contribution in [0.25, 0.3) is 0 Å². The van der Waals surface area contributed by atoms with E-state index in [1.807, 2.05) is 0 Å². The van der Waals surface area contributed by atoms with Crippen LogP contribution in [0.4, 0.5) is 5.69 Å². The largest absolute Gasteiger partial charge is 0.378 e. The van der Waals surface area contributed by atoms with Crippen LogP contribution in [0.3, 0.4) is 0 Å². The Bertz CT molecular complexity index is 186. The molecular weight excluding hydrogens is 102 g/mol. The van der Waals surface area contributed by atoms with Crippen molar-refractivity contribution >= 4 is 5.69 Å². The van der Waals surface area contributed by atoms with E-state index >= 15 is 0 Å². The van der Waals surface area contributed by atoms with Crippen molar-refractivity contribution in [3.63, 3.8) is 0 Å². The Balaban J connectivity index is 2.62. The van der Waals surface area contributed by atoms with Gasteiger partial charge in [0.25, 0.3) is 0 Å². The first-order valence-corrected chi connectivity index (χ1v) is 2.43. The van der Waals surface area contributed by atoms with Gasteiger partial charge in [0.1, 0.15) is 11.9 Å². The van der Waals surface area contributed by atoms with Gasteiger partial charge in [-0.05, 0) is 6.07 Å². The third kappa shape index (κ3) is 0.332. The lowest BCUT2D eigenvalue weighted by Crippen LogP contribution is -2.15. The predicted molar refractivity (Wildman–Crippen MR) is 28.2 cm³/mol. The van der Waals surface area contributed by atoms with Crippen LogP contribution in [0.15, 0.2) is 6.07 Å². The highest BCUT2D eigenvalue weighted by Crippen LogP contribution is 2.19. The van der Waals surface area contributed by atoms with Crippen molar-refractivity contribution in [3.05, 3.63) is 18.0 Å². The van der Waals surface area contributed by atoms with Gasteiger partial charge >= 0.3 is 0 Å². The first-order chi connectivity index (χ1) is 3.97. The lowest BCUT2D eigenvalue weighted by atomic mass is 10.2. The number of hydrogen-bond donors (Lipinski definition) is 1. The molecule has 3 heteroatoms. The SMILES string of the molecule is [c]1cc2c(nn1)CN2. The summed E-state index contributed by atoms with van der Waals surface area (Å²) < 4.78 is 0. The second-order valence-corrected chi connectivity index (χ2v) is 1.69. The molecule has 1 radical (unpaired) electrons. The number of nitrogens with one attached hydrogen (secondary N) is 1. The highest BCUT2D eigenvalue weighted by Gasteiger charge is 2.11. The lowest BCUT2D eigenvalue weighted by Gasteiger charge is -2.16. The topological polar surface area (TPSA) is 37.8 Å². The van der Waals surface area contributed by atoms with E-state index in [1.165, 1.54) is 0 Å². The summed E-state index contributed by atoms with van der Waals surface area (Å²) in [5, 5.41) is 10.4. The molecule has 1 N–H and O–H groups in total. The smallest absolute Gasteiger partial charge is 0.115 e. The second kappa shape index (κ2) is 1.18. The minimum atomic E-state index is 0.858. The summed E-state index contributed by atoms with van der Waals surface area (Å²) in [6.07, 6.45) is 2.63. The Hall–Kier alpha value is -1.12. The van der Waals surface area contributed by atoms with Gasteiger partial charge in [-0.3, -0.25) is 0 Å². The van der Waals surface area contributed by atoms with Crippen LogP contribution < -0.4 is 5.32 Å². The van der Waals surface area contributed by atoms with Crippen molar-refractivity contribution in [2.45, 2.75) is 6.54 Å². The van der Waals surface area contributed by atoms with Crippen molar-refractivity contribution in [2.75, 3.05) is 5.32 Å². The van der Waals surface area contributed by atoms with E-state index in [4.69, 9.17) is 0 Å². The van der Waals surface area contributed by atoms with Crippen molar-refractivity contribution in [3.8, 4) is 0 Å². The molecule has 0 spiro atoms. The van der Waals surface area contributed by atoms with Gasteiger partial charge in [0.05, 0.1) is 12.2 Å². The van der Waals surface area contributed by atoms with E-state index in [9.17, 15) is 0 Å². The van der Waals surface area contributed by atoms with Gasteiger partial charge in [-0.1, -0.05) is 0 Å². The number of rotatable bonds is 0. The van der Waals surface area contributed by atoms with Gasteiger partial charge in [0.2, 0.25) is 0 Å². The van der Waals surface area contributed by atoms with Crippen LogP contribution in [0.5, 0.6) is 0 Å². The fourth-order valence-electron chi connectivity index (χ4n) is 0.676. The maximum absolute atomic E-state index is 3.80. The highest BCUT2D eigenvalue weighted by molar-refractivity contribution is 5.54. The quantitative estimate of drug-likeness (QED) is 0.513. The molecule has 0 saturated heterocycles. The summed E-state index contributed by atoms with van der Waals surface area (Å²) in [5.74, 6) is 0. The van der Waals surface area contributed by atoms with Gasteiger partial charge in [0, 0.05) is 0 Å². The van der Waals surface area contributed by atoms with E-state index in [-0.39, 0.29) is 0 Å². The molecule has 1 aliphatic heterocycles. The van der Waals surface area contributed by atoms with Gasteiger partial charge in [-0.2, -0.15) is 5.10 Å². The summed E-state index contributed by atoms with van der Waals surface area (Å²) >= 11 is 0. The van der Waals surface area contributed by atoms with E-state index in [1.54, 1.807) is 6.07 Å². The average molecular weight is 106 g/mol. The first kappa shape index (κ1) is 3.83. The van der Waals surface area contributed by atoms with E-state index in [2.05, 4.69) is 21.7 Å². The summed E-state index contributed by atoms with van der Waals surface area (Å²) in [6, 6.07) is 1.80. The van der Waals surface area contributed by atoms with Crippen LogP contribution >= 0.6 is 0 Å². The summed E-state index contributed by atoms with van der Waals surface area (Å²) in [4.78, 5) is 0. The monoisotopic (exact) mass is 106 g/mol. The molecule has 0 bridgehead atoms. The Morgan fingerprint density at radius 1 is 1.75 bits per heavy atom. The molecule has 2 rings (SSSR count). The van der Waals surface area contributed by atoms with Crippen molar-refractivity contribution < 1.29 is 0 Å². The van der Waals surface area contributed by atoms with Crippen LogP contribution in [-0.2, 0) is 6.54 Å². The third-order valence-electron chi connectivity index (χ3n) is 1.19. The maximum Gasteiger partial charge on any atom is 0.115 e. The molecule has 0 atom stereocenters. The normalized spacial score (nSPS) is 13.5. The van der Waals surface area contributed by atoms with E-state index < -0.39 is 0 Å². The zero-order valence-electron chi connectivity index (χ0n) is 4.18. The maximum atomic E-state index is 3.80. The van der Waals surface area contributed by atoms with Gasteiger partial charge in [0.15, 0.2) is 0 Å². The van der Waals surface area contributed by atoms with Crippen molar-refractivity contribution in [1.82, 2.24) is 10.2 Å². The molecule has 0 unspecified atom stereocenters. The van der Waals surface area contributed by atoms with Gasteiger partial charge in [-0.15, -0.1) is 5.10 Å². The molecule has 3 nitrogen and oxygen atoms in total. The zero-order valence-corrected chi connectivity index (χ0v) is 4.18. The van der Waals surface area contributed by atoms with Crippen molar-refractivity contribution in [1.29, 1.82) is 0 Å². The van der Waals surface area contributed by atoms with Gasteiger partial charge in [-0.25, -0.2) is 0 Å². The fourth-order valence-corrected chi connectivity index (χ4v) is 0.676. The number of hydrogen-bond acceptors (Lipinski definition) is 3. The van der Waals surface area contributed by atoms with Crippen molar-refractivity contribution in [2.24, 2.45) is 0 Å². The summed E-state index contributed by atoms with van der Waals surface area (Å²) in [7, 11) is 0. The number of aromatic nitrogens is 2.